The number of hydrogen-bond acceptors (Lipinski definition) is 5. The first-order chi connectivity index (χ1) is 14.9. The molecule has 1 unspecified atom stereocenters. The minimum absolute atomic E-state index is 0.297. The first-order valence-electron chi connectivity index (χ1n) is 10.3. The van der Waals surface area contributed by atoms with Crippen molar-refractivity contribution < 1.29 is 14.6 Å². The quantitative estimate of drug-likeness (QED) is 0.568. The van der Waals surface area contributed by atoms with Gasteiger partial charge in [-0.25, -0.2) is 0 Å². The van der Waals surface area contributed by atoms with Gasteiger partial charge in [0.25, 0.3) is 0 Å². The van der Waals surface area contributed by atoms with Crippen molar-refractivity contribution in [2.45, 2.75) is 32.1 Å². The molecule has 1 saturated heterocycles. The summed E-state index contributed by atoms with van der Waals surface area (Å²) in [7, 11) is 1.65. The van der Waals surface area contributed by atoms with Crippen molar-refractivity contribution >= 4 is 11.6 Å². The average molecular weight is 439 g/mol. The monoisotopic (exact) mass is 438 g/mol. The summed E-state index contributed by atoms with van der Waals surface area (Å²) >= 11 is 6.07. The third-order valence-electron chi connectivity index (χ3n) is 5.88. The number of aryl methyl sites for hydroxylation is 1. The molecule has 2 heterocycles. The Labute approximate surface area is 188 Å². The number of hydrogen-bond donors (Lipinski definition) is 1. The minimum atomic E-state index is -1.16. The molecular weight excluding hydrogens is 412 g/mol. The summed E-state index contributed by atoms with van der Waals surface area (Å²) in [6, 6.07) is 17.8. The Morgan fingerprint density at radius 3 is 2.52 bits per heavy atom. The molecular formula is C25H27ClN2O3. The third kappa shape index (κ3) is 4.69. The molecule has 6 heteroatoms. The molecule has 3 aromatic rings. The van der Waals surface area contributed by atoms with E-state index < -0.39 is 5.72 Å². The van der Waals surface area contributed by atoms with Crippen LogP contribution >= 0.6 is 11.6 Å². The van der Waals surface area contributed by atoms with Gasteiger partial charge in [-0.2, -0.15) is 0 Å². The number of likely N-dealkylation sites (tertiary alicyclic amines) is 1. The molecule has 2 aromatic carbocycles. The van der Waals surface area contributed by atoms with Crippen LogP contribution in [0.2, 0.25) is 5.02 Å². The largest absolute Gasteiger partial charge is 0.493 e. The molecule has 0 spiro atoms. The van der Waals surface area contributed by atoms with E-state index in [4.69, 9.17) is 21.1 Å². The fourth-order valence-electron chi connectivity index (χ4n) is 3.77. The molecule has 31 heavy (non-hydrogen) atoms. The lowest BCUT2D eigenvalue weighted by molar-refractivity contribution is -0.141. The van der Waals surface area contributed by atoms with Crippen LogP contribution in [0.3, 0.4) is 0 Å². The molecule has 5 nitrogen and oxygen atoms in total. The second-order valence-corrected chi connectivity index (χ2v) is 8.60. The smallest absolute Gasteiger partial charge is 0.161 e. The summed E-state index contributed by atoms with van der Waals surface area (Å²) in [6.45, 7) is 5.74. The molecule has 1 atom stereocenters. The molecule has 162 valence electrons. The second kappa shape index (κ2) is 8.87. The number of pyridine rings is 1. The number of aromatic nitrogens is 1. The van der Waals surface area contributed by atoms with Crippen molar-refractivity contribution in [3.05, 3.63) is 88.2 Å². The Hall–Kier alpha value is -2.60. The van der Waals surface area contributed by atoms with E-state index in [-0.39, 0.29) is 0 Å². The summed E-state index contributed by atoms with van der Waals surface area (Å²) in [6.07, 6.45) is 1.61. The van der Waals surface area contributed by atoms with Gasteiger partial charge in [0.15, 0.2) is 17.2 Å². The van der Waals surface area contributed by atoms with E-state index in [0.717, 1.165) is 16.9 Å². The van der Waals surface area contributed by atoms with Crippen LogP contribution in [-0.2, 0) is 12.3 Å². The maximum Gasteiger partial charge on any atom is 0.161 e. The highest BCUT2D eigenvalue weighted by atomic mass is 35.5. The van der Waals surface area contributed by atoms with Gasteiger partial charge in [0, 0.05) is 30.2 Å². The van der Waals surface area contributed by atoms with Gasteiger partial charge in [0.2, 0.25) is 0 Å². The number of rotatable bonds is 7. The zero-order chi connectivity index (χ0) is 22.0. The molecule has 0 radical (unpaired) electrons. The standard InChI is InChI=1S/C25H27ClN2O3/c1-17-4-6-18(7-5-17)16-31-22-9-8-19(12-23(22)30-3)20-14-28(15-20)25(2,29)24-13-21(26)10-11-27-24/h4-13,20,29H,14-16H2,1-3H3. The van der Waals surface area contributed by atoms with Crippen LogP contribution in [0.5, 0.6) is 11.5 Å². The lowest BCUT2D eigenvalue weighted by atomic mass is 9.88. The average Bonchev–Trinajstić information content (AvgIpc) is 2.72. The predicted molar refractivity (Wildman–Crippen MR) is 122 cm³/mol. The Bertz CT molecular complexity index is 1050. The zero-order valence-corrected chi connectivity index (χ0v) is 18.8. The van der Waals surface area contributed by atoms with Crippen LogP contribution < -0.4 is 9.47 Å². The van der Waals surface area contributed by atoms with Gasteiger partial charge in [-0.05, 0) is 49.2 Å². The van der Waals surface area contributed by atoms with Gasteiger partial charge in [-0.3, -0.25) is 9.88 Å². The van der Waals surface area contributed by atoms with E-state index in [9.17, 15) is 5.11 Å². The molecule has 1 aliphatic heterocycles. The van der Waals surface area contributed by atoms with E-state index in [0.29, 0.717) is 42.1 Å². The van der Waals surface area contributed by atoms with Crippen LogP contribution in [0, 0.1) is 6.92 Å². The van der Waals surface area contributed by atoms with Gasteiger partial charge in [0.05, 0.1) is 12.8 Å². The lowest BCUT2D eigenvalue weighted by Crippen LogP contribution is -2.56. The van der Waals surface area contributed by atoms with Crippen LogP contribution in [-0.4, -0.2) is 35.2 Å². The molecule has 1 aliphatic rings. The minimum Gasteiger partial charge on any atom is -0.493 e. The normalized spacial score (nSPS) is 16.4. The number of aliphatic hydroxyl groups is 1. The number of benzene rings is 2. The van der Waals surface area contributed by atoms with E-state index in [2.05, 4.69) is 42.2 Å². The van der Waals surface area contributed by atoms with Crippen molar-refractivity contribution in [2.75, 3.05) is 20.2 Å². The van der Waals surface area contributed by atoms with Crippen molar-refractivity contribution in [3.8, 4) is 11.5 Å². The first kappa shape index (κ1) is 21.6. The molecule has 0 amide bonds. The van der Waals surface area contributed by atoms with E-state index in [1.807, 2.05) is 17.0 Å². The fraction of sp³-hybridized carbons (Fsp3) is 0.320. The lowest BCUT2D eigenvalue weighted by Gasteiger charge is -2.47. The highest BCUT2D eigenvalue weighted by Gasteiger charge is 2.41. The van der Waals surface area contributed by atoms with E-state index in [1.165, 1.54) is 5.56 Å². The van der Waals surface area contributed by atoms with Crippen molar-refractivity contribution in [1.82, 2.24) is 9.88 Å². The SMILES string of the molecule is COc1cc(C2CN(C(C)(O)c3cc(Cl)ccn3)C2)ccc1OCc1ccc(C)cc1. The summed E-state index contributed by atoms with van der Waals surface area (Å²) in [5.41, 5.74) is 2.89. The fourth-order valence-corrected chi connectivity index (χ4v) is 3.93. The Morgan fingerprint density at radius 1 is 1.10 bits per heavy atom. The molecule has 0 aliphatic carbocycles. The number of halogens is 1. The predicted octanol–water partition coefficient (Wildman–Crippen LogP) is 4.90. The van der Waals surface area contributed by atoms with Gasteiger partial charge in [0.1, 0.15) is 6.61 Å². The van der Waals surface area contributed by atoms with Gasteiger partial charge >= 0.3 is 0 Å². The van der Waals surface area contributed by atoms with Crippen LogP contribution in [0.15, 0.2) is 60.8 Å². The maximum atomic E-state index is 11.0. The number of nitrogens with zero attached hydrogens (tertiary/aromatic N) is 2. The Morgan fingerprint density at radius 2 is 1.84 bits per heavy atom. The number of methoxy groups -OCH3 is 1. The van der Waals surface area contributed by atoms with E-state index >= 15 is 0 Å². The third-order valence-corrected chi connectivity index (χ3v) is 6.11. The summed E-state index contributed by atoms with van der Waals surface area (Å²) in [5.74, 6) is 1.73. The first-order valence-corrected chi connectivity index (χ1v) is 10.7. The Balaban J connectivity index is 1.41. The molecule has 1 aromatic heterocycles. The summed E-state index contributed by atoms with van der Waals surface area (Å²) in [5, 5.41) is 11.6. The highest BCUT2D eigenvalue weighted by Crippen LogP contribution is 2.39. The highest BCUT2D eigenvalue weighted by molar-refractivity contribution is 6.30. The second-order valence-electron chi connectivity index (χ2n) is 8.17. The van der Waals surface area contributed by atoms with Gasteiger partial charge in [-0.15, -0.1) is 0 Å². The molecule has 0 bridgehead atoms. The number of ether oxygens (including phenoxy) is 2. The van der Waals surface area contributed by atoms with Crippen molar-refractivity contribution in [1.29, 1.82) is 0 Å². The molecule has 1 N–H and O–H groups in total. The van der Waals surface area contributed by atoms with Crippen LogP contribution in [0.4, 0.5) is 0 Å². The van der Waals surface area contributed by atoms with Gasteiger partial charge < -0.3 is 14.6 Å². The van der Waals surface area contributed by atoms with Crippen LogP contribution in [0.25, 0.3) is 0 Å². The molecule has 1 fully saturated rings. The summed E-state index contributed by atoms with van der Waals surface area (Å²) in [4.78, 5) is 6.28. The topological polar surface area (TPSA) is 54.8 Å². The zero-order valence-electron chi connectivity index (χ0n) is 18.0. The van der Waals surface area contributed by atoms with E-state index in [1.54, 1.807) is 32.4 Å². The Kier molecular flexibility index (Phi) is 6.19. The molecule has 4 rings (SSSR count). The summed E-state index contributed by atoms with van der Waals surface area (Å²) < 4.78 is 11.6. The molecule has 0 saturated carbocycles. The van der Waals surface area contributed by atoms with Gasteiger partial charge in [-0.1, -0.05) is 47.5 Å². The maximum absolute atomic E-state index is 11.0. The van der Waals surface area contributed by atoms with Crippen molar-refractivity contribution in [2.24, 2.45) is 0 Å². The van der Waals surface area contributed by atoms with Crippen molar-refractivity contribution in [3.63, 3.8) is 0 Å². The van der Waals surface area contributed by atoms with Crippen LogP contribution in [0.1, 0.15) is 35.2 Å².